The van der Waals surface area contributed by atoms with Crippen LogP contribution in [-0.2, 0) is 4.74 Å². The highest BCUT2D eigenvalue weighted by atomic mass is 79.9. The summed E-state index contributed by atoms with van der Waals surface area (Å²) in [7, 11) is 0. The van der Waals surface area contributed by atoms with Crippen molar-refractivity contribution in [1.82, 2.24) is 0 Å². The number of hydrogen-bond acceptors (Lipinski definition) is 2. The predicted molar refractivity (Wildman–Crippen MR) is 120 cm³/mol. The van der Waals surface area contributed by atoms with Gasteiger partial charge in [0.1, 0.15) is 6.61 Å². The molecule has 1 rings (SSSR count). The van der Waals surface area contributed by atoms with Crippen LogP contribution in [0.2, 0.25) is 0 Å². The average molecular weight is 439 g/mol. The monoisotopic (exact) mass is 438 g/mol. The molecule has 0 N–H and O–H groups in total. The smallest absolute Gasteiger partial charge is 0.188 e. The molecule has 0 amide bonds. The number of benzene rings is 1. The first-order valence-electron chi connectivity index (χ1n) is 11.0. The van der Waals surface area contributed by atoms with Gasteiger partial charge in [0.05, 0.1) is 6.61 Å². The summed E-state index contributed by atoms with van der Waals surface area (Å²) in [5, 5.41) is 0. The highest BCUT2D eigenvalue weighted by Gasteiger charge is 2.08. The second kappa shape index (κ2) is 17.4. The van der Waals surface area contributed by atoms with Crippen LogP contribution in [-0.4, -0.2) is 23.8 Å². The van der Waals surface area contributed by atoms with Gasteiger partial charge in [-0.05, 0) is 6.42 Å². The fraction of sp³-hybridized carbons (Fsp3) is 0.708. The molecular weight excluding hydrogens is 400 g/mol. The molecule has 0 aliphatic carbocycles. The topological polar surface area (TPSA) is 26.3 Å². The van der Waals surface area contributed by atoms with E-state index in [4.69, 9.17) is 4.74 Å². The van der Waals surface area contributed by atoms with Crippen LogP contribution in [0, 0.1) is 0 Å². The van der Waals surface area contributed by atoms with Crippen molar-refractivity contribution in [2.45, 2.75) is 95.2 Å². The summed E-state index contributed by atoms with van der Waals surface area (Å²) in [4.78, 5) is 12.3. The first-order valence-corrected chi connectivity index (χ1v) is 12.0. The first-order chi connectivity index (χ1) is 13.2. The molecule has 1 unspecified atom stereocenters. The van der Waals surface area contributed by atoms with Gasteiger partial charge in [-0.15, -0.1) is 0 Å². The molecule has 1 aromatic rings. The third kappa shape index (κ3) is 14.0. The van der Waals surface area contributed by atoms with Gasteiger partial charge < -0.3 is 4.74 Å². The Kier molecular flexibility index (Phi) is 15.7. The van der Waals surface area contributed by atoms with Gasteiger partial charge in [0.2, 0.25) is 0 Å². The lowest BCUT2D eigenvalue weighted by atomic mass is 10.0. The molecule has 0 aliphatic heterocycles. The molecule has 0 fully saturated rings. The van der Waals surface area contributed by atoms with E-state index >= 15 is 0 Å². The molecule has 1 aromatic carbocycles. The van der Waals surface area contributed by atoms with E-state index in [0.717, 1.165) is 12.0 Å². The number of alkyl halides is 1. The number of carbonyl (C=O) groups is 1. The lowest BCUT2D eigenvalue weighted by Gasteiger charge is -2.10. The standard InChI is InChI=1S/C24H39BrO2/c1-2-3-4-5-6-7-8-9-10-11-12-16-19-23(25)20-27-21-24(26)22-17-14-13-15-18-22/h13-15,17-18,23H,2-12,16,19-21H2,1H3. The number of halogens is 1. The second-order valence-electron chi connectivity index (χ2n) is 7.58. The number of unbranched alkanes of at least 4 members (excludes halogenated alkanes) is 11. The lowest BCUT2D eigenvalue weighted by molar-refractivity contribution is 0.0761. The van der Waals surface area contributed by atoms with Gasteiger partial charge in [-0.3, -0.25) is 4.79 Å². The molecule has 154 valence electrons. The van der Waals surface area contributed by atoms with Crippen molar-refractivity contribution in [3.63, 3.8) is 0 Å². The van der Waals surface area contributed by atoms with Gasteiger partial charge in [0, 0.05) is 10.4 Å². The van der Waals surface area contributed by atoms with Gasteiger partial charge in [-0.1, -0.05) is 130 Å². The zero-order valence-electron chi connectivity index (χ0n) is 17.3. The SMILES string of the molecule is CCCCCCCCCCCCCCC(Br)COCC(=O)c1ccccc1. The second-order valence-corrected chi connectivity index (χ2v) is 8.87. The molecular formula is C24H39BrO2. The molecule has 0 saturated carbocycles. The minimum absolute atomic E-state index is 0.0562. The van der Waals surface area contributed by atoms with Gasteiger partial charge in [-0.2, -0.15) is 0 Å². The fourth-order valence-electron chi connectivity index (χ4n) is 3.28. The van der Waals surface area contributed by atoms with Crippen molar-refractivity contribution in [2.24, 2.45) is 0 Å². The van der Waals surface area contributed by atoms with Gasteiger partial charge in [0.25, 0.3) is 0 Å². The van der Waals surface area contributed by atoms with E-state index in [1.807, 2.05) is 30.3 Å². The molecule has 0 aromatic heterocycles. The summed E-state index contributed by atoms with van der Waals surface area (Å²) in [6, 6.07) is 9.36. The molecule has 0 heterocycles. The van der Waals surface area contributed by atoms with Crippen molar-refractivity contribution in [2.75, 3.05) is 13.2 Å². The molecule has 0 saturated heterocycles. The summed E-state index contributed by atoms with van der Waals surface area (Å²) in [6.45, 7) is 3.05. The summed E-state index contributed by atoms with van der Waals surface area (Å²) < 4.78 is 5.57. The Bertz CT molecular complexity index is 461. The van der Waals surface area contributed by atoms with E-state index in [0.29, 0.717) is 11.4 Å². The number of Topliss-reactive ketones (excluding diaryl/α,β-unsaturated/α-hetero) is 1. The van der Waals surface area contributed by atoms with E-state index in [1.54, 1.807) is 0 Å². The molecule has 2 nitrogen and oxygen atoms in total. The molecule has 0 aliphatic rings. The zero-order valence-corrected chi connectivity index (χ0v) is 18.9. The maximum atomic E-state index is 12.0. The Hall–Kier alpha value is -0.670. The van der Waals surface area contributed by atoms with Gasteiger partial charge in [0.15, 0.2) is 5.78 Å². The normalized spacial score (nSPS) is 12.2. The van der Waals surface area contributed by atoms with E-state index in [9.17, 15) is 4.79 Å². The number of hydrogen-bond donors (Lipinski definition) is 0. The van der Waals surface area contributed by atoms with E-state index in [1.165, 1.54) is 77.0 Å². The van der Waals surface area contributed by atoms with Crippen LogP contribution < -0.4 is 0 Å². The Morgan fingerprint density at radius 3 is 1.93 bits per heavy atom. The Morgan fingerprint density at radius 2 is 1.37 bits per heavy atom. The molecule has 0 bridgehead atoms. The minimum Gasteiger partial charge on any atom is -0.372 e. The quantitative estimate of drug-likeness (QED) is 0.133. The van der Waals surface area contributed by atoms with Crippen LogP contribution in [0.1, 0.15) is 101 Å². The van der Waals surface area contributed by atoms with Crippen molar-refractivity contribution >= 4 is 21.7 Å². The van der Waals surface area contributed by atoms with Gasteiger partial charge >= 0.3 is 0 Å². The fourth-order valence-corrected chi connectivity index (χ4v) is 3.79. The molecule has 0 spiro atoms. The predicted octanol–water partition coefficient (Wildman–Crippen LogP) is 7.74. The summed E-state index contributed by atoms with van der Waals surface area (Å²) in [6.07, 6.45) is 17.7. The largest absolute Gasteiger partial charge is 0.372 e. The van der Waals surface area contributed by atoms with Crippen molar-refractivity contribution in [1.29, 1.82) is 0 Å². The van der Waals surface area contributed by atoms with Crippen LogP contribution >= 0.6 is 15.9 Å². The average Bonchev–Trinajstić information content (AvgIpc) is 2.69. The number of rotatable bonds is 18. The highest BCUT2D eigenvalue weighted by Crippen LogP contribution is 2.15. The third-order valence-corrected chi connectivity index (χ3v) is 5.72. The van der Waals surface area contributed by atoms with Crippen molar-refractivity contribution in [3.05, 3.63) is 35.9 Å². The summed E-state index contributed by atoms with van der Waals surface area (Å²) in [5.41, 5.74) is 0.726. The number of carbonyl (C=O) groups excluding carboxylic acids is 1. The zero-order chi connectivity index (χ0) is 19.6. The molecule has 3 heteroatoms. The van der Waals surface area contributed by atoms with Crippen LogP contribution in [0.3, 0.4) is 0 Å². The van der Waals surface area contributed by atoms with Crippen LogP contribution in [0.25, 0.3) is 0 Å². The lowest BCUT2D eigenvalue weighted by Crippen LogP contribution is -2.15. The van der Waals surface area contributed by atoms with Crippen LogP contribution in [0.4, 0.5) is 0 Å². The van der Waals surface area contributed by atoms with E-state index in [-0.39, 0.29) is 12.4 Å². The van der Waals surface area contributed by atoms with Crippen molar-refractivity contribution in [3.8, 4) is 0 Å². The Morgan fingerprint density at radius 1 is 0.852 bits per heavy atom. The number of ether oxygens (including phenoxy) is 1. The Labute approximate surface area is 175 Å². The van der Waals surface area contributed by atoms with Crippen LogP contribution in [0.5, 0.6) is 0 Å². The number of ketones is 1. The summed E-state index contributed by atoms with van der Waals surface area (Å²) in [5.74, 6) is 0.0562. The summed E-state index contributed by atoms with van der Waals surface area (Å²) >= 11 is 3.68. The molecule has 27 heavy (non-hydrogen) atoms. The molecule has 1 atom stereocenters. The Balaban J connectivity index is 1.86. The third-order valence-electron chi connectivity index (χ3n) is 5.00. The van der Waals surface area contributed by atoms with Crippen LogP contribution in [0.15, 0.2) is 30.3 Å². The molecule has 0 radical (unpaired) electrons. The van der Waals surface area contributed by atoms with Gasteiger partial charge in [-0.25, -0.2) is 0 Å². The maximum Gasteiger partial charge on any atom is 0.188 e. The first kappa shape index (κ1) is 24.4. The maximum absolute atomic E-state index is 12.0. The highest BCUT2D eigenvalue weighted by molar-refractivity contribution is 9.09. The van der Waals surface area contributed by atoms with E-state index in [2.05, 4.69) is 22.9 Å². The van der Waals surface area contributed by atoms with E-state index < -0.39 is 0 Å². The minimum atomic E-state index is 0.0562. The van der Waals surface area contributed by atoms with Crippen molar-refractivity contribution < 1.29 is 9.53 Å².